The van der Waals surface area contributed by atoms with E-state index in [-0.39, 0.29) is 5.91 Å². The molecule has 0 aromatic heterocycles. The molecular weight excluding hydrogens is 202 g/mol. The molecule has 0 aliphatic carbocycles. The van der Waals surface area contributed by atoms with E-state index in [0.717, 1.165) is 26.2 Å². The molecule has 4 nitrogen and oxygen atoms in total. The number of amides is 1. The van der Waals surface area contributed by atoms with Crippen LogP contribution in [0.15, 0.2) is 0 Å². The van der Waals surface area contributed by atoms with Crippen molar-refractivity contribution in [3.05, 3.63) is 0 Å². The normalized spacial score (nSPS) is 20.8. The molecule has 0 aromatic carbocycles. The summed E-state index contributed by atoms with van der Waals surface area (Å²) in [4.78, 5) is 13.6. The molecule has 16 heavy (non-hydrogen) atoms. The summed E-state index contributed by atoms with van der Waals surface area (Å²) in [6.07, 6.45) is 3.82. The van der Waals surface area contributed by atoms with Crippen LogP contribution in [0.3, 0.4) is 0 Å². The Bertz CT molecular complexity index is 198. The maximum absolute atomic E-state index is 11.7. The first-order valence-electron chi connectivity index (χ1n) is 6.49. The van der Waals surface area contributed by atoms with Crippen molar-refractivity contribution in [1.82, 2.24) is 15.5 Å². The van der Waals surface area contributed by atoms with Crippen LogP contribution < -0.4 is 10.6 Å². The van der Waals surface area contributed by atoms with Gasteiger partial charge in [0.05, 0.1) is 6.54 Å². The van der Waals surface area contributed by atoms with E-state index >= 15 is 0 Å². The molecule has 2 N–H and O–H groups in total. The Morgan fingerprint density at radius 2 is 2.12 bits per heavy atom. The van der Waals surface area contributed by atoms with Crippen LogP contribution in [0, 0.1) is 0 Å². The van der Waals surface area contributed by atoms with Crippen molar-refractivity contribution in [3.63, 3.8) is 0 Å². The summed E-state index contributed by atoms with van der Waals surface area (Å²) in [5.41, 5.74) is 0. The Kier molecular flexibility index (Phi) is 6.42. The standard InChI is InChI=1S/C12H25N3O/c1-3-15(4-2)12(16)10-13-9-11-7-5-6-8-14-11/h11,13-14H,3-10H2,1-2H3. The molecule has 1 aliphatic rings. The largest absolute Gasteiger partial charge is 0.342 e. The Balaban J connectivity index is 2.11. The van der Waals surface area contributed by atoms with Crippen LogP contribution >= 0.6 is 0 Å². The predicted octanol–water partition coefficient (Wildman–Crippen LogP) is 0.587. The number of likely N-dealkylation sites (N-methyl/N-ethyl adjacent to an activating group) is 1. The van der Waals surface area contributed by atoms with Crippen LogP contribution in [-0.2, 0) is 4.79 Å². The number of hydrogen-bond donors (Lipinski definition) is 2. The Labute approximate surface area is 98.8 Å². The average molecular weight is 227 g/mol. The molecule has 94 valence electrons. The van der Waals surface area contributed by atoms with Crippen LogP contribution in [0.4, 0.5) is 0 Å². The molecule has 0 saturated carbocycles. The summed E-state index contributed by atoms with van der Waals surface area (Å²) in [5.74, 6) is 0.209. The van der Waals surface area contributed by atoms with Gasteiger partial charge in [-0.1, -0.05) is 6.42 Å². The molecule has 1 aliphatic heterocycles. The van der Waals surface area contributed by atoms with Crippen LogP contribution in [0.2, 0.25) is 0 Å². The third-order valence-corrected chi connectivity index (χ3v) is 3.20. The van der Waals surface area contributed by atoms with Gasteiger partial charge >= 0.3 is 0 Å². The van der Waals surface area contributed by atoms with Gasteiger partial charge in [-0.2, -0.15) is 0 Å². The molecule has 1 amide bonds. The van der Waals surface area contributed by atoms with E-state index in [9.17, 15) is 4.79 Å². The minimum Gasteiger partial charge on any atom is -0.342 e. The van der Waals surface area contributed by atoms with E-state index in [0.29, 0.717) is 12.6 Å². The lowest BCUT2D eigenvalue weighted by molar-refractivity contribution is -0.129. The minimum atomic E-state index is 0.209. The second-order valence-corrected chi connectivity index (χ2v) is 4.34. The van der Waals surface area contributed by atoms with Gasteiger partial charge in [-0.05, 0) is 33.2 Å². The minimum absolute atomic E-state index is 0.209. The lowest BCUT2D eigenvalue weighted by Gasteiger charge is -2.24. The van der Waals surface area contributed by atoms with Crippen LogP contribution in [0.5, 0.6) is 0 Å². The zero-order valence-electron chi connectivity index (χ0n) is 10.6. The second-order valence-electron chi connectivity index (χ2n) is 4.34. The SMILES string of the molecule is CCN(CC)C(=O)CNCC1CCCCN1. The monoisotopic (exact) mass is 227 g/mol. The first-order valence-corrected chi connectivity index (χ1v) is 6.49. The van der Waals surface area contributed by atoms with Crippen molar-refractivity contribution in [3.8, 4) is 0 Å². The van der Waals surface area contributed by atoms with Gasteiger partial charge in [-0.3, -0.25) is 4.79 Å². The van der Waals surface area contributed by atoms with Crippen molar-refractivity contribution >= 4 is 5.91 Å². The molecule has 0 bridgehead atoms. The summed E-state index contributed by atoms with van der Waals surface area (Å²) in [5, 5.41) is 6.71. The molecule has 0 spiro atoms. The maximum Gasteiger partial charge on any atom is 0.236 e. The topological polar surface area (TPSA) is 44.4 Å². The van der Waals surface area contributed by atoms with Gasteiger partial charge < -0.3 is 15.5 Å². The zero-order chi connectivity index (χ0) is 11.8. The molecule has 1 fully saturated rings. The molecule has 0 radical (unpaired) electrons. The molecule has 1 saturated heterocycles. The Morgan fingerprint density at radius 1 is 1.38 bits per heavy atom. The van der Waals surface area contributed by atoms with Crippen LogP contribution in [0.25, 0.3) is 0 Å². The number of carbonyl (C=O) groups is 1. The molecule has 1 unspecified atom stereocenters. The van der Waals surface area contributed by atoms with E-state index < -0.39 is 0 Å². The number of piperidine rings is 1. The first kappa shape index (κ1) is 13.5. The van der Waals surface area contributed by atoms with E-state index in [1.54, 1.807) is 0 Å². The highest BCUT2D eigenvalue weighted by Crippen LogP contribution is 2.05. The molecule has 1 rings (SSSR count). The first-order chi connectivity index (χ1) is 7.77. The number of hydrogen-bond acceptors (Lipinski definition) is 3. The average Bonchev–Trinajstić information content (AvgIpc) is 2.32. The van der Waals surface area contributed by atoms with Gasteiger partial charge in [0.1, 0.15) is 0 Å². The molecule has 1 atom stereocenters. The number of nitrogens with zero attached hydrogens (tertiary/aromatic N) is 1. The van der Waals surface area contributed by atoms with E-state index in [1.807, 2.05) is 18.7 Å². The van der Waals surface area contributed by atoms with Gasteiger partial charge in [0, 0.05) is 25.7 Å². The van der Waals surface area contributed by atoms with Gasteiger partial charge in [0.25, 0.3) is 0 Å². The van der Waals surface area contributed by atoms with E-state index in [4.69, 9.17) is 0 Å². The highest BCUT2D eigenvalue weighted by Gasteiger charge is 2.13. The van der Waals surface area contributed by atoms with Crippen molar-refractivity contribution in [2.24, 2.45) is 0 Å². The maximum atomic E-state index is 11.7. The summed E-state index contributed by atoms with van der Waals surface area (Å²) < 4.78 is 0. The van der Waals surface area contributed by atoms with Gasteiger partial charge in [-0.25, -0.2) is 0 Å². The summed E-state index contributed by atoms with van der Waals surface area (Å²) in [7, 11) is 0. The molecule has 1 heterocycles. The highest BCUT2D eigenvalue weighted by molar-refractivity contribution is 5.78. The molecule has 0 aromatic rings. The highest BCUT2D eigenvalue weighted by atomic mass is 16.2. The van der Waals surface area contributed by atoms with Crippen molar-refractivity contribution in [2.75, 3.05) is 32.7 Å². The van der Waals surface area contributed by atoms with Gasteiger partial charge in [0.2, 0.25) is 5.91 Å². The lowest BCUT2D eigenvalue weighted by Crippen LogP contribution is -2.45. The van der Waals surface area contributed by atoms with Crippen molar-refractivity contribution in [1.29, 1.82) is 0 Å². The quantitative estimate of drug-likeness (QED) is 0.698. The van der Waals surface area contributed by atoms with Crippen molar-refractivity contribution < 1.29 is 4.79 Å². The van der Waals surface area contributed by atoms with Crippen LogP contribution in [-0.4, -0.2) is 49.6 Å². The van der Waals surface area contributed by atoms with Crippen LogP contribution in [0.1, 0.15) is 33.1 Å². The third kappa shape index (κ3) is 4.49. The zero-order valence-corrected chi connectivity index (χ0v) is 10.6. The smallest absolute Gasteiger partial charge is 0.236 e. The number of nitrogens with one attached hydrogen (secondary N) is 2. The Morgan fingerprint density at radius 3 is 2.69 bits per heavy atom. The molecule has 4 heteroatoms. The van der Waals surface area contributed by atoms with E-state index in [1.165, 1.54) is 19.3 Å². The summed E-state index contributed by atoms with van der Waals surface area (Å²) in [6.45, 7) is 8.15. The van der Waals surface area contributed by atoms with E-state index in [2.05, 4.69) is 10.6 Å². The van der Waals surface area contributed by atoms with Gasteiger partial charge in [-0.15, -0.1) is 0 Å². The number of rotatable bonds is 6. The Hall–Kier alpha value is -0.610. The lowest BCUT2D eigenvalue weighted by atomic mass is 10.1. The van der Waals surface area contributed by atoms with Crippen molar-refractivity contribution in [2.45, 2.75) is 39.2 Å². The summed E-state index contributed by atoms with van der Waals surface area (Å²) in [6, 6.07) is 0.554. The molecular formula is C12H25N3O. The van der Waals surface area contributed by atoms with Gasteiger partial charge in [0.15, 0.2) is 0 Å². The fourth-order valence-corrected chi connectivity index (χ4v) is 2.14. The number of carbonyl (C=O) groups excluding carboxylic acids is 1. The summed E-state index contributed by atoms with van der Waals surface area (Å²) >= 11 is 0. The fraction of sp³-hybridized carbons (Fsp3) is 0.917. The predicted molar refractivity (Wildman–Crippen MR) is 66.4 cm³/mol. The third-order valence-electron chi connectivity index (χ3n) is 3.20. The second kappa shape index (κ2) is 7.63. The fourth-order valence-electron chi connectivity index (χ4n) is 2.14.